The van der Waals surface area contributed by atoms with Crippen LogP contribution in [0.1, 0.15) is 50.5 Å². The van der Waals surface area contributed by atoms with Crippen molar-refractivity contribution < 1.29 is 9.90 Å². The third-order valence-electron chi connectivity index (χ3n) is 5.43. The van der Waals surface area contributed by atoms with E-state index < -0.39 is 0 Å². The molecule has 0 unspecified atom stereocenters. The SMILES string of the molecule is Cc1nccc(CNC(=O)N2CCC[C@@H]2[C@@H]2C[C@H](C)CC[C@@H]2O)n1. The summed E-state index contributed by atoms with van der Waals surface area (Å²) >= 11 is 0. The number of aliphatic hydroxyl groups is 1. The molecule has 132 valence electrons. The highest BCUT2D eigenvalue weighted by atomic mass is 16.3. The molecule has 0 aromatic carbocycles. The Labute approximate surface area is 143 Å². The number of carbonyl (C=O) groups excluding carboxylic acids is 1. The third-order valence-corrected chi connectivity index (χ3v) is 5.43. The highest BCUT2D eigenvalue weighted by Gasteiger charge is 2.40. The maximum absolute atomic E-state index is 12.6. The molecule has 3 rings (SSSR count). The lowest BCUT2D eigenvalue weighted by atomic mass is 9.76. The van der Waals surface area contributed by atoms with Crippen LogP contribution in [0.25, 0.3) is 0 Å². The Kier molecular flexibility index (Phi) is 5.33. The van der Waals surface area contributed by atoms with E-state index in [2.05, 4.69) is 22.2 Å². The zero-order valence-corrected chi connectivity index (χ0v) is 14.6. The van der Waals surface area contributed by atoms with E-state index in [1.165, 1.54) is 0 Å². The Balaban J connectivity index is 1.61. The van der Waals surface area contributed by atoms with E-state index in [0.29, 0.717) is 18.3 Å². The van der Waals surface area contributed by atoms with Gasteiger partial charge >= 0.3 is 6.03 Å². The molecule has 6 heteroatoms. The van der Waals surface area contributed by atoms with Crippen molar-refractivity contribution in [3.8, 4) is 0 Å². The second kappa shape index (κ2) is 7.47. The van der Waals surface area contributed by atoms with Crippen molar-refractivity contribution in [2.45, 2.75) is 64.6 Å². The fraction of sp³-hybridized carbons (Fsp3) is 0.722. The lowest BCUT2D eigenvalue weighted by Gasteiger charge is -2.39. The number of likely N-dealkylation sites (tertiary alicyclic amines) is 1. The van der Waals surface area contributed by atoms with Gasteiger partial charge in [0.2, 0.25) is 0 Å². The average Bonchev–Trinajstić information content (AvgIpc) is 3.04. The quantitative estimate of drug-likeness (QED) is 0.890. The molecule has 1 aromatic rings. The van der Waals surface area contributed by atoms with Gasteiger partial charge in [0.25, 0.3) is 0 Å². The average molecular weight is 332 g/mol. The lowest BCUT2D eigenvalue weighted by Crippen LogP contribution is -2.49. The van der Waals surface area contributed by atoms with E-state index in [1.54, 1.807) is 6.20 Å². The summed E-state index contributed by atoms with van der Waals surface area (Å²) in [6.07, 6.45) is 6.41. The van der Waals surface area contributed by atoms with E-state index in [1.807, 2.05) is 17.9 Å². The van der Waals surface area contributed by atoms with Crippen LogP contribution in [0, 0.1) is 18.8 Å². The maximum atomic E-state index is 12.6. The Morgan fingerprint density at radius 1 is 1.42 bits per heavy atom. The number of carbonyl (C=O) groups is 1. The number of amides is 2. The van der Waals surface area contributed by atoms with Crippen molar-refractivity contribution in [3.05, 3.63) is 23.8 Å². The maximum Gasteiger partial charge on any atom is 0.317 e. The topological polar surface area (TPSA) is 78.4 Å². The first kappa shape index (κ1) is 17.1. The van der Waals surface area contributed by atoms with Crippen LogP contribution in [0.2, 0.25) is 0 Å². The number of aryl methyl sites for hydroxylation is 1. The minimum absolute atomic E-state index is 0.0424. The van der Waals surface area contributed by atoms with Gasteiger partial charge in [0, 0.05) is 24.7 Å². The van der Waals surface area contributed by atoms with Gasteiger partial charge in [-0.05, 0) is 51.0 Å². The predicted octanol–water partition coefficient (Wildman–Crippen LogP) is 2.26. The zero-order chi connectivity index (χ0) is 17.1. The van der Waals surface area contributed by atoms with Crippen LogP contribution < -0.4 is 5.32 Å². The molecule has 1 aliphatic carbocycles. The van der Waals surface area contributed by atoms with Crippen LogP contribution in [0.4, 0.5) is 4.79 Å². The molecule has 2 N–H and O–H groups in total. The van der Waals surface area contributed by atoms with Crippen LogP contribution >= 0.6 is 0 Å². The van der Waals surface area contributed by atoms with E-state index >= 15 is 0 Å². The van der Waals surface area contributed by atoms with Crippen molar-refractivity contribution in [1.82, 2.24) is 20.2 Å². The predicted molar refractivity (Wildman–Crippen MR) is 91.2 cm³/mol. The molecule has 24 heavy (non-hydrogen) atoms. The normalized spacial score (nSPS) is 30.4. The molecule has 1 saturated carbocycles. The van der Waals surface area contributed by atoms with Crippen molar-refractivity contribution in [2.24, 2.45) is 11.8 Å². The summed E-state index contributed by atoms with van der Waals surface area (Å²) < 4.78 is 0. The number of aliphatic hydroxyl groups excluding tert-OH is 1. The van der Waals surface area contributed by atoms with Gasteiger partial charge in [0.05, 0.1) is 18.3 Å². The minimum atomic E-state index is -0.274. The van der Waals surface area contributed by atoms with Gasteiger partial charge in [-0.25, -0.2) is 14.8 Å². The Morgan fingerprint density at radius 3 is 3.04 bits per heavy atom. The summed E-state index contributed by atoms with van der Waals surface area (Å²) in [5.74, 6) is 1.55. The van der Waals surface area contributed by atoms with Crippen LogP contribution in [-0.2, 0) is 6.54 Å². The van der Waals surface area contributed by atoms with E-state index in [0.717, 1.165) is 44.3 Å². The molecule has 1 aromatic heterocycles. The fourth-order valence-corrected chi connectivity index (χ4v) is 4.18. The van der Waals surface area contributed by atoms with E-state index in [9.17, 15) is 9.90 Å². The lowest BCUT2D eigenvalue weighted by molar-refractivity contribution is 0.0153. The molecule has 2 fully saturated rings. The second-order valence-corrected chi connectivity index (χ2v) is 7.31. The minimum Gasteiger partial charge on any atom is -0.393 e. The fourth-order valence-electron chi connectivity index (χ4n) is 4.18. The Hall–Kier alpha value is -1.69. The van der Waals surface area contributed by atoms with Gasteiger partial charge < -0.3 is 15.3 Å². The molecule has 0 spiro atoms. The van der Waals surface area contributed by atoms with E-state index in [-0.39, 0.29) is 24.1 Å². The molecular weight excluding hydrogens is 304 g/mol. The van der Waals surface area contributed by atoms with Crippen molar-refractivity contribution in [3.63, 3.8) is 0 Å². The molecular formula is C18H28N4O2. The number of hydrogen-bond acceptors (Lipinski definition) is 4. The molecule has 4 atom stereocenters. The zero-order valence-electron chi connectivity index (χ0n) is 14.6. The molecule has 2 amide bonds. The first-order valence-electron chi connectivity index (χ1n) is 9.05. The summed E-state index contributed by atoms with van der Waals surface area (Å²) in [4.78, 5) is 23.0. The summed E-state index contributed by atoms with van der Waals surface area (Å²) in [6, 6.07) is 1.94. The second-order valence-electron chi connectivity index (χ2n) is 7.31. The Bertz CT molecular complexity index is 580. The van der Waals surface area contributed by atoms with Crippen molar-refractivity contribution in [2.75, 3.05) is 6.54 Å². The van der Waals surface area contributed by atoms with Crippen molar-refractivity contribution >= 4 is 6.03 Å². The third kappa shape index (κ3) is 3.86. The standard InChI is InChI=1S/C18H28N4O2/c1-12-5-6-17(23)15(10-12)16-4-3-9-22(16)18(24)20-11-14-7-8-19-13(2)21-14/h7-8,12,15-17,23H,3-6,9-11H2,1-2H3,(H,20,24)/t12-,15+,16-,17+/m1/s1. The summed E-state index contributed by atoms with van der Waals surface area (Å²) in [5, 5.41) is 13.4. The number of urea groups is 1. The summed E-state index contributed by atoms with van der Waals surface area (Å²) in [5.41, 5.74) is 0.818. The first-order valence-corrected chi connectivity index (χ1v) is 9.05. The molecule has 0 bridgehead atoms. The molecule has 2 aliphatic rings. The van der Waals surface area contributed by atoms with Crippen LogP contribution in [0.15, 0.2) is 12.3 Å². The molecule has 2 heterocycles. The van der Waals surface area contributed by atoms with Gasteiger partial charge in [-0.15, -0.1) is 0 Å². The number of aromatic nitrogens is 2. The monoisotopic (exact) mass is 332 g/mol. The summed E-state index contributed by atoms with van der Waals surface area (Å²) in [6.45, 7) is 5.27. The number of hydrogen-bond donors (Lipinski definition) is 2. The number of rotatable bonds is 3. The smallest absolute Gasteiger partial charge is 0.317 e. The van der Waals surface area contributed by atoms with Gasteiger partial charge in [-0.3, -0.25) is 0 Å². The van der Waals surface area contributed by atoms with Crippen LogP contribution in [-0.4, -0.2) is 44.7 Å². The van der Waals surface area contributed by atoms with Gasteiger partial charge in [-0.1, -0.05) is 6.92 Å². The number of nitrogens with one attached hydrogen (secondary N) is 1. The molecule has 1 saturated heterocycles. The first-order chi connectivity index (χ1) is 11.5. The van der Waals surface area contributed by atoms with Gasteiger partial charge in [0.1, 0.15) is 5.82 Å². The van der Waals surface area contributed by atoms with Crippen LogP contribution in [0.5, 0.6) is 0 Å². The Morgan fingerprint density at radius 2 is 2.25 bits per heavy atom. The highest BCUT2D eigenvalue weighted by Crippen LogP contribution is 2.37. The largest absolute Gasteiger partial charge is 0.393 e. The van der Waals surface area contributed by atoms with E-state index in [4.69, 9.17) is 0 Å². The highest BCUT2D eigenvalue weighted by molar-refractivity contribution is 5.74. The molecule has 1 aliphatic heterocycles. The summed E-state index contributed by atoms with van der Waals surface area (Å²) in [7, 11) is 0. The van der Waals surface area contributed by atoms with Crippen LogP contribution in [0.3, 0.4) is 0 Å². The van der Waals surface area contributed by atoms with Crippen molar-refractivity contribution in [1.29, 1.82) is 0 Å². The van der Waals surface area contributed by atoms with Gasteiger partial charge in [0.15, 0.2) is 0 Å². The van der Waals surface area contributed by atoms with Gasteiger partial charge in [-0.2, -0.15) is 0 Å². The molecule has 0 radical (unpaired) electrons. The number of nitrogens with zero attached hydrogens (tertiary/aromatic N) is 3. The molecule has 6 nitrogen and oxygen atoms in total.